The van der Waals surface area contributed by atoms with E-state index in [1.165, 1.54) is 4.31 Å². The van der Waals surface area contributed by atoms with Gasteiger partial charge in [0.15, 0.2) is 4.80 Å². The summed E-state index contributed by atoms with van der Waals surface area (Å²) in [5, 5.41) is 2.05. The largest absolute Gasteiger partial charge is 0.373 e. The van der Waals surface area contributed by atoms with E-state index in [1.54, 1.807) is 23.5 Å². The summed E-state index contributed by atoms with van der Waals surface area (Å²) in [6.07, 6.45) is -0.280. The highest BCUT2D eigenvalue weighted by molar-refractivity contribution is 7.89. The number of aromatic nitrogens is 1. The lowest BCUT2D eigenvalue weighted by Gasteiger charge is -2.34. The number of thiazole rings is 1. The summed E-state index contributed by atoms with van der Waals surface area (Å²) in [5.41, 5.74) is 3.79. The molecule has 6 nitrogen and oxygen atoms in total. The molecule has 0 bridgehead atoms. The number of nitrogens with zero attached hydrogens (tertiary/aromatic N) is 3. The van der Waals surface area contributed by atoms with Crippen molar-refractivity contribution >= 4 is 27.0 Å². The summed E-state index contributed by atoms with van der Waals surface area (Å²) in [6.45, 7) is 5.14. The Labute approximate surface area is 216 Å². The fourth-order valence-corrected chi connectivity index (χ4v) is 7.04. The third-order valence-electron chi connectivity index (χ3n) is 6.12. The molecule has 0 N–H and O–H groups in total. The van der Waals surface area contributed by atoms with E-state index in [-0.39, 0.29) is 12.2 Å². The highest BCUT2D eigenvalue weighted by Gasteiger charge is 2.32. The van der Waals surface area contributed by atoms with Gasteiger partial charge in [-0.3, -0.25) is 0 Å². The fourth-order valence-electron chi connectivity index (χ4n) is 4.47. The molecule has 186 valence electrons. The van der Waals surface area contributed by atoms with Gasteiger partial charge in [-0.05, 0) is 43.7 Å². The van der Waals surface area contributed by atoms with Crippen molar-refractivity contribution in [3.8, 4) is 11.3 Å². The van der Waals surface area contributed by atoms with Crippen LogP contribution in [0.25, 0.3) is 11.3 Å². The smallest absolute Gasteiger partial charge is 0.243 e. The third-order valence-corrected chi connectivity index (χ3v) is 8.81. The van der Waals surface area contributed by atoms with Crippen LogP contribution in [0.1, 0.15) is 19.4 Å². The van der Waals surface area contributed by atoms with Crippen molar-refractivity contribution in [3.05, 3.63) is 101 Å². The lowest BCUT2D eigenvalue weighted by Crippen LogP contribution is -2.48. The average Bonchev–Trinajstić information content (AvgIpc) is 3.26. The number of benzene rings is 3. The lowest BCUT2D eigenvalue weighted by atomic mass is 10.1. The third kappa shape index (κ3) is 5.37. The molecule has 1 aliphatic heterocycles. The summed E-state index contributed by atoms with van der Waals surface area (Å²) >= 11 is 1.55. The molecule has 2 heterocycles. The molecule has 0 radical (unpaired) electrons. The second kappa shape index (κ2) is 10.5. The highest BCUT2D eigenvalue weighted by atomic mass is 32.2. The molecule has 5 rings (SSSR count). The van der Waals surface area contributed by atoms with Crippen LogP contribution in [0.15, 0.2) is 100 Å². The van der Waals surface area contributed by atoms with E-state index in [1.807, 2.05) is 74.5 Å². The minimum absolute atomic E-state index is 0.140. The van der Waals surface area contributed by atoms with Gasteiger partial charge < -0.3 is 9.30 Å². The molecule has 0 saturated carbocycles. The second-order valence-electron chi connectivity index (χ2n) is 9.03. The van der Waals surface area contributed by atoms with Crippen molar-refractivity contribution in [2.45, 2.75) is 37.5 Å². The molecule has 8 heteroatoms. The van der Waals surface area contributed by atoms with Crippen LogP contribution < -0.4 is 4.80 Å². The SMILES string of the molecule is C[C@@H]1CN(S(=O)(=O)c2cccc(-c3csc(=Nc4ccccc4)n3Cc3ccccc3)c2)C[C@@H](C)O1. The van der Waals surface area contributed by atoms with Crippen LogP contribution >= 0.6 is 11.3 Å². The van der Waals surface area contributed by atoms with Crippen molar-refractivity contribution in [2.75, 3.05) is 13.1 Å². The first kappa shape index (κ1) is 24.6. The van der Waals surface area contributed by atoms with Gasteiger partial charge in [0.25, 0.3) is 0 Å². The van der Waals surface area contributed by atoms with Gasteiger partial charge in [0.05, 0.1) is 35.0 Å². The predicted molar refractivity (Wildman–Crippen MR) is 144 cm³/mol. The van der Waals surface area contributed by atoms with Gasteiger partial charge in [-0.15, -0.1) is 11.3 Å². The Morgan fingerprint density at radius 2 is 1.58 bits per heavy atom. The van der Waals surface area contributed by atoms with Crippen molar-refractivity contribution in [2.24, 2.45) is 4.99 Å². The minimum Gasteiger partial charge on any atom is -0.373 e. The zero-order valence-corrected chi connectivity index (χ0v) is 22.0. The standard InChI is InChI=1S/C28H29N3O3S2/c1-21-17-30(18-22(2)34-21)36(32,33)26-15-9-12-24(16-26)27-20-35-28(29-25-13-7-4-8-14-25)31(27)19-23-10-5-3-6-11-23/h3-16,20-22H,17-19H2,1-2H3/t21-,22-/m1/s1. The number of hydrogen-bond donors (Lipinski definition) is 0. The number of rotatable bonds is 6. The van der Waals surface area contributed by atoms with Gasteiger partial charge in [0.2, 0.25) is 10.0 Å². The molecule has 1 aliphatic rings. The first-order valence-electron chi connectivity index (χ1n) is 12.0. The van der Waals surface area contributed by atoms with Crippen LogP contribution in [0.2, 0.25) is 0 Å². The quantitative estimate of drug-likeness (QED) is 0.348. The van der Waals surface area contributed by atoms with Gasteiger partial charge in [-0.2, -0.15) is 4.31 Å². The zero-order chi connectivity index (χ0) is 25.1. The van der Waals surface area contributed by atoms with E-state index in [9.17, 15) is 8.42 Å². The highest BCUT2D eigenvalue weighted by Crippen LogP contribution is 2.27. The van der Waals surface area contributed by atoms with Crippen molar-refractivity contribution in [3.63, 3.8) is 0 Å². The maximum Gasteiger partial charge on any atom is 0.243 e. The summed E-state index contributed by atoms with van der Waals surface area (Å²) in [6, 6.07) is 27.3. The molecule has 0 spiro atoms. The fraction of sp³-hybridized carbons (Fsp3) is 0.250. The first-order chi connectivity index (χ1) is 17.4. The molecule has 2 atom stereocenters. The Hall–Kier alpha value is -3.04. The topological polar surface area (TPSA) is 63.9 Å². The monoisotopic (exact) mass is 519 g/mol. The average molecular weight is 520 g/mol. The van der Waals surface area contributed by atoms with Crippen molar-refractivity contribution in [1.82, 2.24) is 8.87 Å². The van der Waals surface area contributed by atoms with Crippen molar-refractivity contribution in [1.29, 1.82) is 0 Å². The van der Waals surface area contributed by atoms with Crippen LogP contribution in [0.3, 0.4) is 0 Å². The van der Waals surface area contributed by atoms with Gasteiger partial charge in [-0.1, -0.05) is 60.7 Å². The molecule has 0 amide bonds. The summed E-state index contributed by atoms with van der Waals surface area (Å²) < 4.78 is 36.5. The molecule has 4 aromatic rings. The van der Waals surface area contributed by atoms with E-state index < -0.39 is 10.0 Å². The maximum absolute atomic E-state index is 13.5. The number of sulfonamides is 1. The number of para-hydroxylation sites is 1. The van der Waals surface area contributed by atoms with E-state index in [0.29, 0.717) is 24.5 Å². The molecule has 1 fully saturated rings. The van der Waals surface area contributed by atoms with Gasteiger partial charge in [0.1, 0.15) is 0 Å². The molecule has 3 aromatic carbocycles. The number of ether oxygens (including phenoxy) is 1. The Kier molecular flexibility index (Phi) is 7.20. The van der Waals surface area contributed by atoms with Crippen molar-refractivity contribution < 1.29 is 13.2 Å². The van der Waals surface area contributed by atoms with Crippen LogP contribution in [0.4, 0.5) is 5.69 Å². The summed E-state index contributed by atoms with van der Waals surface area (Å²) in [4.78, 5) is 6.03. The molecular weight excluding hydrogens is 490 g/mol. The number of morpholine rings is 1. The maximum atomic E-state index is 13.5. The zero-order valence-electron chi connectivity index (χ0n) is 20.3. The Balaban J connectivity index is 1.57. The van der Waals surface area contributed by atoms with Crippen LogP contribution in [0.5, 0.6) is 0 Å². The van der Waals surface area contributed by atoms with Gasteiger partial charge in [-0.25, -0.2) is 13.4 Å². The van der Waals surface area contributed by atoms with Gasteiger partial charge in [0, 0.05) is 24.0 Å². The van der Waals surface area contributed by atoms with Crippen LogP contribution in [-0.2, 0) is 21.3 Å². The van der Waals surface area contributed by atoms with E-state index in [2.05, 4.69) is 22.1 Å². The first-order valence-corrected chi connectivity index (χ1v) is 14.3. The lowest BCUT2D eigenvalue weighted by molar-refractivity contribution is -0.0440. The molecule has 0 aliphatic carbocycles. The Bertz CT molecular complexity index is 1490. The van der Waals surface area contributed by atoms with Crippen LogP contribution in [0, 0.1) is 0 Å². The summed E-state index contributed by atoms with van der Waals surface area (Å²) in [7, 11) is -3.65. The minimum atomic E-state index is -3.65. The molecule has 1 aromatic heterocycles. The van der Waals surface area contributed by atoms with E-state index in [0.717, 1.165) is 27.3 Å². The number of hydrogen-bond acceptors (Lipinski definition) is 5. The summed E-state index contributed by atoms with van der Waals surface area (Å²) in [5.74, 6) is 0. The molecule has 36 heavy (non-hydrogen) atoms. The van der Waals surface area contributed by atoms with E-state index >= 15 is 0 Å². The van der Waals surface area contributed by atoms with E-state index in [4.69, 9.17) is 9.73 Å². The molecule has 0 unspecified atom stereocenters. The normalized spacial score (nSPS) is 19.4. The predicted octanol–water partition coefficient (Wildman–Crippen LogP) is 5.30. The second-order valence-corrected chi connectivity index (χ2v) is 11.8. The molecular formula is C28H29N3O3S2. The Morgan fingerprint density at radius 1 is 0.917 bits per heavy atom. The Morgan fingerprint density at radius 3 is 2.28 bits per heavy atom. The van der Waals surface area contributed by atoms with Crippen LogP contribution in [-0.4, -0.2) is 42.6 Å². The van der Waals surface area contributed by atoms with Gasteiger partial charge >= 0.3 is 0 Å². The molecule has 1 saturated heterocycles.